The van der Waals surface area contributed by atoms with Crippen LogP contribution >= 0.6 is 57.1 Å². The minimum Gasteiger partial charge on any atom is -0.172 e. The summed E-state index contributed by atoms with van der Waals surface area (Å²) < 4.78 is 13.3. The van der Waals surface area contributed by atoms with Gasteiger partial charge in [-0.3, -0.25) is 0 Å². The van der Waals surface area contributed by atoms with Crippen LogP contribution in [0.25, 0.3) is 61.8 Å². The number of thiophene rings is 4. The molecule has 0 saturated heterocycles. The molecule has 0 unspecified atom stereocenters. The number of nitrogens with zero attached hydrogens (tertiary/aromatic N) is 2. The van der Waals surface area contributed by atoms with Gasteiger partial charge in [0, 0.05) is 49.8 Å². The van der Waals surface area contributed by atoms with Crippen molar-refractivity contribution in [3.8, 4) is 30.6 Å². The first kappa shape index (κ1) is 58.3. The normalized spacial score (nSPS) is 12.0. The quantitative estimate of drug-likeness (QED) is 0.0359. The Hall–Kier alpha value is -2.42. The highest BCUT2D eigenvalue weighted by Gasteiger charge is 2.24. The molecule has 73 heavy (non-hydrogen) atoms. The summed E-state index contributed by atoms with van der Waals surface area (Å²) in [6.07, 6.45) is 48.4. The first-order valence-electron chi connectivity index (χ1n) is 30.4. The smallest absolute Gasteiger partial charge is 0.114 e. The number of fused-ring (bicyclic) bond motifs is 3. The number of aryl methyl sites for hydroxylation is 6. The van der Waals surface area contributed by atoms with Crippen molar-refractivity contribution in [3.05, 3.63) is 68.4 Å². The van der Waals surface area contributed by atoms with Gasteiger partial charge in [-0.2, -0.15) is 8.75 Å². The zero-order valence-electron chi connectivity index (χ0n) is 46.9. The molecule has 7 rings (SSSR count). The highest BCUT2D eigenvalue weighted by atomic mass is 32.1. The van der Waals surface area contributed by atoms with Crippen LogP contribution in [-0.4, -0.2) is 8.75 Å². The van der Waals surface area contributed by atoms with Crippen molar-refractivity contribution in [2.75, 3.05) is 0 Å². The number of aromatic nitrogens is 2. The maximum absolute atomic E-state index is 5.09. The van der Waals surface area contributed by atoms with Crippen LogP contribution in [0.1, 0.15) is 265 Å². The first-order valence-corrected chi connectivity index (χ1v) is 34.4. The summed E-state index contributed by atoms with van der Waals surface area (Å²) >= 11 is 9.59. The van der Waals surface area contributed by atoms with E-state index >= 15 is 0 Å². The molecule has 0 bridgehead atoms. The van der Waals surface area contributed by atoms with Gasteiger partial charge in [-0.1, -0.05) is 220 Å². The molecule has 0 saturated carbocycles. The second-order valence-electron chi connectivity index (χ2n) is 22.1. The third-order valence-electron chi connectivity index (χ3n) is 15.9. The van der Waals surface area contributed by atoms with Crippen molar-refractivity contribution in [1.29, 1.82) is 0 Å². The average Bonchev–Trinajstić information content (AvgIpc) is 4.26. The average molecular weight is 1080 g/mol. The first-order chi connectivity index (χ1) is 35.9. The van der Waals surface area contributed by atoms with Crippen LogP contribution in [0.3, 0.4) is 0 Å². The molecule has 7 aromatic rings. The second-order valence-corrected chi connectivity index (χ2v) is 27.2. The monoisotopic (exact) mass is 1080 g/mol. The van der Waals surface area contributed by atoms with E-state index in [1.807, 2.05) is 22.7 Å². The maximum Gasteiger partial charge on any atom is 0.114 e. The van der Waals surface area contributed by atoms with Crippen LogP contribution in [0.15, 0.2) is 36.4 Å². The van der Waals surface area contributed by atoms with Crippen LogP contribution in [0, 0.1) is 13.8 Å². The summed E-state index contributed by atoms with van der Waals surface area (Å²) in [5, 5.41) is 3.14. The molecule has 7 heteroatoms. The molecular formula is C66H96N2S5. The van der Waals surface area contributed by atoms with E-state index < -0.39 is 0 Å². The number of hydrogen-bond donors (Lipinski definition) is 0. The fourth-order valence-electron chi connectivity index (χ4n) is 11.5. The minimum absolute atomic E-state index is 1.08. The summed E-state index contributed by atoms with van der Waals surface area (Å²) in [4.78, 5) is 8.65. The zero-order chi connectivity index (χ0) is 51.0. The van der Waals surface area contributed by atoms with Crippen LogP contribution in [-0.2, 0) is 25.7 Å². The number of unbranched alkanes of at least 4 members (excludes halogenated alkanes) is 28. The number of benzene rings is 2. The Morgan fingerprint density at radius 2 is 0.740 bits per heavy atom. The lowest BCUT2D eigenvalue weighted by atomic mass is 9.94. The van der Waals surface area contributed by atoms with Gasteiger partial charge in [0.2, 0.25) is 0 Å². The topological polar surface area (TPSA) is 25.8 Å². The highest BCUT2D eigenvalue weighted by Crippen LogP contribution is 2.50. The van der Waals surface area contributed by atoms with Gasteiger partial charge in [0.1, 0.15) is 11.0 Å². The molecule has 0 aliphatic carbocycles. The molecule has 2 nitrogen and oxygen atoms in total. The predicted octanol–water partition coefficient (Wildman–Crippen LogP) is 24.6. The van der Waals surface area contributed by atoms with Gasteiger partial charge in [0.15, 0.2) is 0 Å². The largest absolute Gasteiger partial charge is 0.172 e. The highest BCUT2D eigenvalue weighted by molar-refractivity contribution is 7.27. The Morgan fingerprint density at radius 3 is 1.22 bits per heavy atom. The van der Waals surface area contributed by atoms with Crippen molar-refractivity contribution >= 4 is 88.3 Å². The van der Waals surface area contributed by atoms with E-state index in [0.717, 1.165) is 17.5 Å². The Balaban J connectivity index is 1.17. The van der Waals surface area contributed by atoms with E-state index in [-0.39, 0.29) is 0 Å². The molecule has 0 aliphatic heterocycles. The molecule has 5 aromatic heterocycles. The van der Waals surface area contributed by atoms with E-state index in [1.54, 1.807) is 36.9 Å². The number of rotatable bonds is 39. The summed E-state index contributed by atoms with van der Waals surface area (Å²) in [7, 11) is 0. The molecule has 0 amide bonds. The summed E-state index contributed by atoms with van der Waals surface area (Å²) in [5.41, 5.74) is 11.0. The van der Waals surface area contributed by atoms with Crippen LogP contribution in [0.4, 0.5) is 0 Å². The lowest BCUT2D eigenvalue weighted by Gasteiger charge is -2.12. The number of hydrogen-bond acceptors (Lipinski definition) is 7. The molecule has 5 heterocycles. The SMILES string of the molecule is CCCCCCCCCCCCc1cc(-c2ccc(-c3cc(CCCCCCCCCCCC)c(-c4cc5c(CCCCCCCC)c6sc(C)cc6c(CCCCCCCC)c5s4)s3)c3nsnc23)sc1C. The summed E-state index contributed by atoms with van der Waals surface area (Å²) in [5.74, 6) is 0. The van der Waals surface area contributed by atoms with Gasteiger partial charge in [-0.05, 0) is 123 Å². The van der Waals surface area contributed by atoms with Gasteiger partial charge in [0.05, 0.1) is 11.7 Å². The summed E-state index contributed by atoms with van der Waals surface area (Å²) in [6.45, 7) is 14.0. The third-order valence-corrected chi connectivity index (χ3v) is 21.3. The molecule has 0 atom stereocenters. The minimum atomic E-state index is 1.08. The molecule has 0 spiro atoms. The molecule has 0 aliphatic rings. The zero-order valence-corrected chi connectivity index (χ0v) is 50.9. The lowest BCUT2D eigenvalue weighted by molar-refractivity contribution is 0.556. The Kier molecular flexibility index (Phi) is 25.8. The fraction of sp³-hybridized carbons (Fsp3) is 0.636. The van der Waals surface area contributed by atoms with Gasteiger partial charge in [0.25, 0.3) is 0 Å². The van der Waals surface area contributed by atoms with Gasteiger partial charge in [-0.15, -0.1) is 45.3 Å². The maximum atomic E-state index is 5.09. The van der Waals surface area contributed by atoms with Crippen molar-refractivity contribution in [2.24, 2.45) is 0 Å². The van der Waals surface area contributed by atoms with E-state index in [9.17, 15) is 0 Å². The van der Waals surface area contributed by atoms with Crippen LogP contribution < -0.4 is 0 Å². The van der Waals surface area contributed by atoms with Crippen LogP contribution in [0.5, 0.6) is 0 Å². The van der Waals surface area contributed by atoms with E-state index in [1.165, 1.54) is 282 Å². The van der Waals surface area contributed by atoms with E-state index in [4.69, 9.17) is 8.75 Å². The Bertz CT molecular complexity index is 2580. The molecule has 0 radical (unpaired) electrons. The van der Waals surface area contributed by atoms with Crippen molar-refractivity contribution < 1.29 is 0 Å². The van der Waals surface area contributed by atoms with Crippen LogP contribution in [0.2, 0.25) is 0 Å². The van der Waals surface area contributed by atoms with Gasteiger partial charge < -0.3 is 0 Å². The second kappa shape index (κ2) is 32.3. The van der Waals surface area contributed by atoms with Gasteiger partial charge in [-0.25, -0.2) is 0 Å². The third kappa shape index (κ3) is 17.0. The van der Waals surface area contributed by atoms with Crippen molar-refractivity contribution in [1.82, 2.24) is 8.75 Å². The van der Waals surface area contributed by atoms with E-state index in [2.05, 4.69) is 101 Å². The molecule has 0 fully saturated rings. The fourth-order valence-corrected chi connectivity index (χ4v) is 17.0. The molecule has 400 valence electrons. The molecular weight excluding hydrogens is 981 g/mol. The Morgan fingerprint density at radius 1 is 0.356 bits per heavy atom. The summed E-state index contributed by atoms with van der Waals surface area (Å²) in [6, 6.07) is 15.1. The standard InChI is InChI=1S/C66H96N2S5/c1-7-11-15-19-23-25-27-29-31-35-39-51-46-59(70-50(51)6)55-43-44-56(63-62(55)67-73-68-63)60-47-52(40-36-32-30-28-26-24-20-16-12-8-2)64(71-60)61-48-58-54(42-38-34-22-18-14-10-4)65-57(45-49(5)69-65)53(66(58)72-61)41-37-33-21-17-13-9-3/h43-48H,7-42H2,1-6H3. The predicted molar refractivity (Wildman–Crippen MR) is 335 cm³/mol. The lowest BCUT2D eigenvalue weighted by Crippen LogP contribution is -1.93. The van der Waals surface area contributed by atoms with E-state index in [0.29, 0.717) is 0 Å². The van der Waals surface area contributed by atoms with Gasteiger partial charge >= 0.3 is 0 Å². The molecule has 0 N–H and O–H groups in total. The van der Waals surface area contributed by atoms with Crippen molar-refractivity contribution in [2.45, 2.75) is 273 Å². The molecule has 2 aromatic carbocycles. The Labute approximate surface area is 465 Å². The van der Waals surface area contributed by atoms with Crippen molar-refractivity contribution in [3.63, 3.8) is 0 Å².